The molecule has 0 unspecified atom stereocenters. The molecule has 0 atom stereocenters. The van der Waals surface area contributed by atoms with Crippen molar-refractivity contribution >= 4 is 27.4 Å². The fraction of sp³-hybridized carbons (Fsp3) is 0.125. The van der Waals surface area contributed by atoms with Gasteiger partial charge in [0.05, 0.1) is 11.0 Å². The third kappa shape index (κ3) is 1.42. The van der Waals surface area contributed by atoms with Crippen LogP contribution in [-0.4, -0.2) is 26.7 Å². The average molecular weight is 255 g/mol. The van der Waals surface area contributed by atoms with Gasteiger partial charge >= 0.3 is 0 Å². The van der Waals surface area contributed by atoms with Gasteiger partial charge in [-0.25, -0.2) is 9.97 Å². The van der Waals surface area contributed by atoms with Gasteiger partial charge in [-0.15, -0.1) is 0 Å². The van der Waals surface area contributed by atoms with Crippen LogP contribution in [0.15, 0.2) is 23.2 Å². The summed E-state index contributed by atoms with van der Waals surface area (Å²) >= 11 is 3.29. The van der Waals surface area contributed by atoms with Crippen LogP contribution < -0.4 is 5.73 Å². The van der Waals surface area contributed by atoms with Gasteiger partial charge in [0.25, 0.3) is 0 Å². The second kappa shape index (κ2) is 3.47. The molecule has 2 heterocycles. The van der Waals surface area contributed by atoms with Crippen LogP contribution in [0.5, 0.6) is 0 Å². The standard InChI is InChI=1S/C8H7BrN4O/c9-5-2-11-4-13-3-6(7(14)1-10)12-8(5)13/h2-4H,1,10H2. The summed E-state index contributed by atoms with van der Waals surface area (Å²) in [7, 11) is 0. The van der Waals surface area contributed by atoms with Crippen molar-refractivity contribution < 1.29 is 4.79 Å². The quantitative estimate of drug-likeness (QED) is 0.799. The Labute approximate surface area is 88.1 Å². The normalized spacial score (nSPS) is 10.7. The van der Waals surface area contributed by atoms with Crippen molar-refractivity contribution in [2.75, 3.05) is 6.54 Å². The number of hydrogen-bond donors (Lipinski definition) is 1. The summed E-state index contributed by atoms with van der Waals surface area (Å²) in [5.41, 5.74) is 6.26. The highest BCUT2D eigenvalue weighted by atomic mass is 79.9. The van der Waals surface area contributed by atoms with Gasteiger partial charge in [0.1, 0.15) is 12.0 Å². The monoisotopic (exact) mass is 254 g/mol. The molecule has 0 spiro atoms. The van der Waals surface area contributed by atoms with E-state index in [0.29, 0.717) is 11.3 Å². The molecule has 2 aromatic heterocycles. The number of hydrogen-bond acceptors (Lipinski definition) is 4. The fourth-order valence-electron chi connectivity index (χ4n) is 1.13. The number of ketones is 1. The average Bonchev–Trinajstić information content (AvgIpc) is 2.62. The zero-order valence-corrected chi connectivity index (χ0v) is 8.73. The number of halogens is 1. The largest absolute Gasteiger partial charge is 0.324 e. The lowest BCUT2D eigenvalue weighted by molar-refractivity contribution is 0.0997. The first kappa shape index (κ1) is 9.29. The molecule has 2 N–H and O–H groups in total. The number of carbonyl (C=O) groups excluding carboxylic acids is 1. The van der Waals surface area contributed by atoms with E-state index < -0.39 is 0 Å². The molecule has 14 heavy (non-hydrogen) atoms. The Morgan fingerprint density at radius 3 is 3.07 bits per heavy atom. The molecule has 0 fully saturated rings. The zero-order valence-electron chi connectivity index (χ0n) is 7.14. The van der Waals surface area contributed by atoms with Gasteiger partial charge in [0.2, 0.25) is 0 Å². The number of rotatable bonds is 2. The first-order valence-electron chi connectivity index (χ1n) is 3.94. The Morgan fingerprint density at radius 1 is 1.64 bits per heavy atom. The van der Waals surface area contributed by atoms with E-state index in [9.17, 15) is 4.79 Å². The van der Waals surface area contributed by atoms with Crippen LogP contribution in [0.3, 0.4) is 0 Å². The third-order valence-electron chi connectivity index (χ3n) is 1.80. The SMILES string of the molecule is NCC(=O)c1cn2cncc(Br)c2n1. The molecule has 0 aliphatic heterocycles. The minimum atomic E-state index is -0.180. The van der Waals surface area contributed by atoms with Crippen molar-refractivity contribution in [3.8, 4) is 0 Å². The van der Waals surface area contributed by atoms with E-state index in [-0.39, 0.29) is 12.3 Å². The summed E-state index contributed by atoms with van der Waals surface area (Å²) in [4.78, 5) is 19.3. The van der Waals surface area contributed by atoms with Crippen molar-refractivity contribution in [3.63, 3.8) is 0 Å². The van der Waals surface area contributed by atoms with Crippen LogP contribution in [0.1, 0.15) is 10.5 Å². The van der Waals surface area contributed by atoms with E-state index in [4.69, 9.17) is 5.73 Å². The Bertz CT molecular complexity index is 493. The van der Waals surface area contributed by atoms with E-state index in [0.717, 1.165) is 4.47 Å². The number of nitrogens with zero attached hydrogens (tertiary/aromatic N) is 3. The molecule has 0 saturated heterocycles. The number of nitrogens with two attached hydrogens (primary N) is 1. The number of carbonyl (C=O) groups is 1. The number of Topliss-reactive ketones (excluding diaryl/α,β-unsaturated/α-hetero) is 1. The first-order valence-corrected chi connectivity index (χ1v) is 4.73. The molecule has 0 bridgehead atoms. The molecule has 6 heteroatoms. The smallest absolute Gasteiger partial charge is 0.196 e. The molecule has 72 valence electrons. The lowest BCUT2D eigenvalue weighted by Crippen LogP contribution is -2.13. The summed E-state index contributed by atoms with van der Waals surface area (Å²) in [6.07, 6.45) is 4.82. The van der Waals surface area contributed by atoms with E-state index in [1.807, 2.05) is 0 Å². The summed E-state index contributed by atoms with van der Waals surface area (Å²) in [5, 5.41) is 0. The maximum atomic E-state index is 11.3. The molecule has 0 aliphatic rings. The molecule has 0 aromatic carbocycles. The van der Waals surface area contributed by atoms with E-state index in [2.05, 4.69) is 25.9 Å². The van der Waals surface area contributed by atoms with Crippen LogP contribution in [0.4, 0.5) is 0 Å². The fourth-order valence-corrected chi connectivity index (χ4v) is 1.54. The maximum absolute atomic E-state index is 11.3. The summed E-state index contributed by atoms with van der Waals surface area (Å²) < 4.78 is 2.42. The van der Waals surface area contributed by atoms with Crippen molar-refractivity contribution in [2.45, 2.75) is 0 Å². The van der Waals surface area contributed by atoms with Gasteiger partial charge in [-0.1, -0.05) is 0 Å². The molecular weight excluding hydrogens is 248 g/mol. The molecule has 0 aliphatic carbocycles. The third-order valence-corrected chi connectivity index (χ3v) is 2.36. The molecule has 5 nitrogen and oxygen atoms in total. The van der Waals surface area contributed by atoms with Gasteiger partial charge in [0.15, 0.2) is 11.4 Å². The van der Waals surface area contributed by atoms with Crippen LogP contribution in [0.2, 0.25) is 0 Å². The second-order valence-corrected chi connectivity index (χ2v) is 3.58. The van der Waals surface area contributed by atoms with E-state index in [1.54, 1.807) is 23.1 Å². The van der Waals surface area contributed by atoms with Crippen LogP contribution >= 0.6 is 15.9 Å². The van der Waals surface area contributed by atoms with Gasteiger partial charge < -0.3 is 5.73 Å². The lowest BCUT2D eigenvalue weighted by Gasteiger charge is -1.91. The summed E-state index contributed by atoms with van der Waals surface area (Å²) in [5.74, 6) is -0.180. The van der Waals surface area contributed by atoms with E-state index >= 15 is 0 Å². The minimum absolute atomic E-state index is 0.0328. The van der Waals surface area contributed by atoms with E-state index in [1.165, 1.54) is 0 Å². The predicted molar refractivity (Wildman–Crippen MR) is 54.1 cm³/mol. The molecule has 0 radical (unpaired) electrons. The maximum Gasteiger partial charge on any atom is 0.196 e. The summed E-state index contributed by atoms with van der Waals surface area (Å²) in [6.45, 7) is -0.0328. The second-order valence-electron chi connectivity index (χ2n) is 2.73. The van der Waals surface area contributed by atoms with Crippen LogP contribution in [0.25, 0.3) is 5.65 Å². The number of imidazole rings is 1. The lowest BCUT2D eigenvalue weighted by atomic mass is 10.3. The molecule has 0 amide bonds. The molecule has 0 saturated carbocycles. The molecular formula is C8H7BrN4O. The van der Waals surface area contributed by atoms with Gasteiger partial charge in [-0.3, -0.25) is 9.20 Å². The first-order chi connectivity index (χ1) is 6.72. The van der Waals surface area contributed by atoms with Crippen LogP contribution in [-0.2, 0) is 0 Å². The Balaban J connectivity index is 2.62. The highest BCUT2D eigenvalue weighted by Crippen LogP contribution is 2.15. The summed E-state index contributed by atoms with van der Waals surface area (Å²) in [6, 6.07) is 0. The zero-order chi connectivity index (χ0) is 10.1. The Hall–Kier alpha value is -1.27. The van der Waals surface area contributed by atoms with Gasteiger partial charge in [0, 0.05) is 12.4 Å². The highest BCUT2D eigenvalue weighted by Gasteiger charge is 2.10. The van der Waals surface area contributed by atoms with Gasteiger partial charge in [-0.2, -0.15) is 0 Å². The Kier molecular flexibility index (Phi) is 2.30. The van der Waals surface area contributed by atoms with Gasteiger partial charge in [-0.05, 0) is 15.9 Å². The van der Waals surface area contributed by atoms with Crippen molar-refractivity contribution in [1.82, 2.24) is 14.4 Å². The minimum Gasteiger partial charge on any atom is -0.324 e. The van der Waals surface area contributed by atoms with Crippen LogP contribution in [0, 0.1) is 0 Å². The highest BCUT2D eigenvalue weighted by molar-refractivity contribution is 9.10. The Morgan fingerprint density at radius 2 is 2.43 bits per heavy atom. The topological polar surface area (TPSA) is 73.3 Å². The predicted octanol–water partition coefficient (Wildman–Crippen LogP) is 0.633. The van der Waals surface area contributed by atoms with Crippen molar-refractivity contribution in [3.05, 3.63) is 28.9 Å². The van der Waals surface area contributed by atoms with Crippen molar-refractivity contribution in [1.29, 1.82) is 0 Å². The molecule has 2 rings (SSSR count). The number of aromatic nitrogens is 3. The number of fused-ring (bicyclic) bond motifs is 1. The molecule has 2 aromatic rings. The van der Waals surface area contributed by atoms with Crippen molar-refractivity contribution in [2.24, 2.45) is 5.73 Å².